The van der Waals surface area contributed by atoms with Crippen LogP contribution in [-0.2, 0) is 0 Å². The highest BCUT2D eigenvalue weighted by molar-refractivity contribution is 6.01. The number of rotatable bonds is 4. The van der Waals surface area contributed by atoms with Crippen LogP contribution in [-0.4, -0.2) is 47.0 Å². The molecule has 6 heteroatoms. The fourth-order valence-corrected chi connectivity index (χ4v) is 2.82. The fraction of sp³-hybridized carbons (Fsp3) is 0.467. The summed E-state index contributed by atoms with van der Waals surface area (Å²) in [5, 5.41) is 14.7. The summed E-state index contributed by atoms with van der Waals surface area (Å²) in [7, 11) is 0. The average Bonchev–Trinajstić information content (AvgIpc) is 3.27. The molecule has 0 radical (unpaired) electrons. The number of benzene rings is 1. The molecule has 6 nitrogen and oxygen atoms in total. The van der Waals surface area contributed by atoms with E-state index < -0.39 is 0 Å². The van der Waals surface area contributed by atoms with Crippen molar-refractivity contribution in [3.8, 4) is 0 Å². The number of hydrogen-bond acceptors (Lipinski definition) is 4. The SMILES string of the molecule is NC(=NO)c1cccc(C(=O)NC2CCN(C3CC3)C2)c1. The van der Waals surface area contributed by atoms with E-state index in [0.717, 1.165) is 25.6 Å². The lowest BCUT2D eigenvalue weighted by Gasteiger charge is -2.16. The maximum Gasteiger partial charge on any atom is 0.251 e. The van der Waals surface area contributed by atoms with E-state index in [1.54, 1.807) is 24.3 Å². The third-order valence-corrected chi connectivity index (χ3v) is 4.15. The molecule has 2 fully saturated rings. The van der Waals surface area contributed by atoms with E-state index in [2.05, 4.69) is 15.4 Å². The van der Waals surface area contributed by atoms with Crippen LogP contribution >= 0.6 is 0 Å². The molecule has 1 saturated heterocycles. The number of amidine groups is 1. The number of amides is 1. The van der Waals surface area contributed by atoms with Gasteiger partial charge in [0.25, 0.3) is 5.91 Å². The van der Waals surface area contributed by atoms with Crippen molar-refractivity contribution in [2.75, 3.05) is 13.1 Å². The summed E-state index contributed by atoms with van der Waals surface area (Å²) in [6.07, 6.45) is 3.59. The number of nitrogens with zero attached hydrogens (tertiary/aromatic N) is 2. The second kappa shape index (κ2) is 5.73. The van der Waals surface area contributed by atoms with Gasteiger partial charge in [-0.25, -0.2) is 0 Å². The number of carbonyl (C=O) groups is 1. The molecule has 2 aliphatic rings. The smallest absolute Gasteiger partial charge is 0.251 e. The zero-order valence-electron chi connectivity index (χ0n) is 11.8. The molecule has 3 rings (SSSR count). The summed E-state index contributed by atoms with van der Waals surface area (Å²) < 4.78 is 0. The largest absolute Gasteiger partial charge is 0.409 e. The van der Waals surface area contributed by atoms with Gasteiger partial charge in [-0.2, -0.15) is 0 Å². The predicted octanol–water partition coefficient (Wildman–Crippen LogP) is 0.748. The molecular weight excluding hydrogens is 268 g/mol. The first-order valence-corrected chi connectivity index (χ1v) is 7.30. The van der Waals surface area contributed by atoms with Gasteiger partial charge in [-0.05, 0) is 31.4 Å². The van der Waals surface area contributed by atoms with E-state index >= 15 is 0 Å². The van der Waals surface area contributed by atoms with E-state index in [4.69, 9.17) is 10.9 Å². The maximum absolute atomic E-state index is 12.3. The Kier molecular flexibility index (Phi) is 3.79. The van der Waals surface area contributed by atoms with E-state index in [1.807, 2.05) is 0 Å². The van der Waals surface area contributed by atoms with Crippen molar-refractivity contribution in [1.29, 1.82) is 0 Å². The second-order valence-electron chi connectivity index (χ2n) is 5.75. The number of oxime groups is 1. The highest BCUT2D eigenvalue weighted by Gasteiger charge is 2.34. The van der Waals surface area contributed by atoms with Gasteiger partial charge in [-0.15, -0.1) is 0 Å². The van der Waals surface area contributed by atoms with Crippen molar-refractivity contribution in [2.24, 2.45) is 10.9 Å². The summed E-state index contributed by atoms with van der Waals surface area (Å²) in [6.45, 7) is 2.01. The van der Waals surface area contributed by atoms with Gasteiger partial charge in [0.2, 0.25) is 0 Å². The molecule has 1 amide bonds. The monoisotopic (exact) mass is 288 g/mol. The molecule has 21 heavy (non-hydrogen) atoms. The van der Waals surface area contributed by atoms with Crippen LogP contribution < -0.4 is 11.1 Å². The Bertz CT molecular complexity index is 569. The zero-order valence-corrected chi connectivity index (χ0v) is 11.8. The first-order valence-electron chi connectivity index (χ1n) is 7.30. The Balaban J connectivity index is 1.62. The lowest BCUT2D eigenvalue weighted by molar-refractivity contribution is 0.0937. The van der Waals surface area contributed by atoms with Gasteiger partial charge in [0.15, 0.2) is 5.84 Å². The number of likely N-dealkylation sites (tertiary alicyclic amines) is 1. The summed E-state index contributed by atoms with van der Waals surface area (Å²) in [5.74, 6) is -0.101. The fourth-order valence-electron chi connectivity index (χ4n) is 2.82. The normalized spacial score (nSPS) is 23.2. The molecule has 1 aliphatic heterocycles. The Hall–Kier alpha value is -2.08. The van der Waals surface area contributed by atoms with Crippen LogP contribution in [0.15, 0.2) is 29.4 Å². The molecule has 1 unspecified atom stereocenters. The summed E-state index contributed by atoms with van der Waals surface area (Å²) >= 11 is 0. The van der Waals surface area contributed by atoms with Crippen molar-refractivity contribution in [1.82, 2.24) is 10.2 Å². The molecule has 0 aromatic heterocycles. The second-order valence-corrected chi connectivity index (χ2v) is 5.75. The number of carbonyl (C=O) groups excluding carboxylic acids is 1. The number of hydrogen-bond donors (Lipinski definition) is 3. The molecule has 0 spiro atoms. The number of nitrogens with two attached hydrogens (primary N) is 1. The van der Waals surface area contributed by atoms with Crippen molar-refractivity contribution >= 4 is 11.7 Å². The Morgan fingerprint density at radius 1 is 1.33 bits per heavy atom. The maximum atomic E-state index is 12.3. The van der Waals surface area contributed by atoms with Gasteiger partial charge < -0.3 is 16.3 Å². The first-order chi connectivity index (χ1) is 10.2. The van der Waals surface area contributed by atoms with E-state index in [0.29, 0.717) is 11.1 Å². The van der Waals surface area contributed by atoms with Crippen LogP contribution in [0.25, 0.3) is 0 Å². The molecule has 1 aliphatic carbocycles. The predicted molar refractivity (Wildman–Crippen MR) is 79.4 cm³/mol. The molecule has 1 aromatic rings. The Morgan fingerprint density at radius 2 is 2.10 bits per heavy atom. The Morgan fingerprint density at radius 3 is 2.81 bits per heavy atom. The van der Waals surface area contributed by atoms with Crippen LogP contribution in [0, 0.1) is 0 Å². The zero-order chi connectivity index (χ0) is 14.8. The topological polar surface area (TPSA) is 91.0 Å². The minimum absolute atomic E-state index is 0.00502. The van der Waals surface area contributed by atoms with Crippen LogP contribution in [0.2, 0.25) is 0 Å². The molecule has 1 heterocycles. The molecule has 0 bridgehead atoms. The minimum atomic E-state index is -0.106. The van der Waals surface area contributed by atoms with Gasteiger partial charge in [-0.3, -0.25) is 9.69 Å². The van der Waals surface area contributed by atoms with E-state index in [1.165, 1.54) is 12.8 Å². The van der Waals surface area contributed by atoms with Gasteiger partial charge in [0, 0.05) is 36.3 Å². The number of nitrogens with one attached hydrogen (secondary N) is 1. The first kappa shape index (κ1) is 13.9. The van der Waals surface area contributed by atoms with Crippen LogP contribution in [0.3, 0.4) is 0 Å². The van der Waals surface area contributed by atoms with Crippen LogP contribution in [0.4, 0.5) is 0 Å². The van der Waals surface area contributed by atoms with E-state index in [-0.39, 0.29) is 17.8 Å². The molecule has 112 valence electrons. The molecule has 1 saturated carbocycles. The highest BCUT2D eigenvalue weighted by Crippen LogP contribution is 2.29. The summed E-state index contributed by atoms with van der Waals surface area (Å²) in [4.78, 5) is 14.7. The molecule has 4 N–H and O–H groups in total. The van der Waals surface area contributed by atoms with Gasteiger partial charge in [-0.1, -0.05) is 17.3 Å². The summed E-state index contributed by atoms with van der Waals surface area (Å²) in [6, 6.07) is 7.76. The van der Waals surface area contributed by atoms with Crippen molar-refractivity contribution in [3.05, 3.63) is 35.4 Å². The van der Waals surface area contributed by atoms with Crippen molar-refractivity contribution < 1.29 is 10.0 Å². The third-order valence-electron chi connectivity index (χ3n) is 4.15. The molecular formula is C15H20N4O2. The van der Waals surface area contributed by atoms with Crippen LogP contribution in [0.1, 0.15) is 35.2 Å². The lowest BCUT2D eigenvalue weighted by Crippen LogP contribution is -2.37. The van der Waals surface area contributed by atoms with Gasteiger partial charge >= 0.3 is 0 Å². The molecule has 1 atom stereocenters. The summed E-state index contributed by atoms with van der Waals surface area (Å²) in [5.41, 5.74) is 6.62. The highest BCUT2D eigenvalue weighted by atomic mass is 16.4. The van der Waals surface area contributed by atoms with Gasteiger partial charge in [0.05, 0.1) is 0 Å². The molecule has 1 aromatic carbocycles. The quantitative estimate of drug-likeness (QED) is 0.330. The van der Waals surface area contributed by atoms with Crippen molar-refractivity contribution in [3.63, 3.8) is 0 Å². The van der Waals surface area contributed by atoms with E-state index in [9.17, 15) is 4.79 Å². The van der Waals surface area contributed by atoms with Crippen molar-refractivity contribution in [2.45, 2.75) is 31.3 Å². The average molecular weight is 288 g/mol. The lowest BCUT2D eigenvalue weighted by atomic mass is 10.1. The van der Waals surface area contributed by atoms with Crippen LogP contribution in [0.5, 0.6) is 0 Å². The van der Waals surface area contributed by atoms with Gasteiger partial charge in [0.1, 0.15) is 0 Å². The minimum Gasteiger partial charge on any atom is -0.409 e. The Labute approximate surface area is 123 Å². The third kappa shape index (κ3) is 3.16. The standard InChI is InChI=1S/C15H20N4O2/c16-14(18-21)10-2-1-3-11(8-10)15(20)17-12-6-7-19(9-12)13-4-5-13/h1-3,8,12-13,21H,4-7,9H2,(H2,16,18)(H,17,20).